The second-order valence-electron chi connectivity index (χ2n) is 3.46. The van der Waals surface area contributed by atoms with E-state index in [0.29, 0.717) is 17.7 Å². The number of nitrogens with one attached hydrogen (secondary N) is 1. The number of benzene rings is 1. The molecule has 0 aliphatic heterocycles. The van der Waals surface area contributed by atoms with Crippen molar-refractivity contribution < 1.29 is 5.11 Å². The summed E-state index contributed by atoms with van der Waals surface area (Å²) >= 11 is 0. The van der Waals surface area contributed by atoms with Gasteiger partial charge in [0, 0.05) is 6.04 Å². The summed E-state index contributed by atoms with van der Waals surface area (Å²) in [5.41, 5.74) is 1.17. The zero-order valence-electron chi connectivity index (χ0n) is 8.41. The van der Waals surface area contributed by atoms with Gasteiger partial charge in [0.2, 0.25) is 0 Å². The van der Waals surface area contributed by atoms with Gasteiger partial charge in [-0.05, 0) is 37.6 Å². The lowest BCUT2D eigenvalue weighted by Crippen LogP contribution is -2.27. The number of hydrogen-bond donors (Lipinski definition) is 2. The monoisotopic (exact) mass is 178 g/mol. The first-order valence-electron chi connectivity index (χ1n) is 4.61. The van der Waals surface area contributed by atoms with E-state index in [-0.39, 0.29) is 0 Å². The Bertz CT molecular complexity index is 273. The molecule has 2 nitrogen and oxygen atoms in total. The lowest BCUT2D eigenvalue weighted by atomic mass is 9.94. The Balaban J connectivity index is 2.82. The number of phenolic OH excluding ortho intramolecular Hbond substituents is 1. The average Bonchev–Trinajstić information content (AvgIpc) is 2.15. The van der Waals surface area contributed by atoms with E-state index in [2.05, 4.69) is 19.2 Å². The lowest BCUT2D eigenvalue weighted by Gasteiger charge is -2.19. The van der Waals surface area contributed by atoms with Gasteiger partial charge in [0.05, 0.1) is 0 Å². The topological polar surface area (TPSA) is 32.3 Å². The van der Waals surface area contributed by atoms with Crippen LogP contribution in [0.3, 0.4) is 0 Å². The summed E-state index contributed by atoms with van der Waals surface area (Å²) in [4.78, 5) is 0. The van der Waals surface area contributed by atoms with Crippen LogP contribution in [0.1, 0.15) is 25.3 Å². The number of likely N-dealkylation sites (N-methyl/N-ethyl adjacent to an activating group) is 1. The van der Waals surface area contributed by atoms with E-state index in [1.165, 1.54) is 5.56 Å². The third kappa shape index (κ3) is 2.46. The maximum atomic E-state index is 9.30. The molecular formula is C11H17NO. The van der Waals surface area contributed by atoms with Gasteiger partial charge in [-0.1, -0.05) is 19.1 Å². The van der Waals surface area contributed by atoms with Gasteiger partial charge in [0.25, 0.3) is 0 Å². The Morgan fingerprint density at radius 1 is 1.31 bits per heavy atom. The molecule has 2 atom stereocenters. The van der Waals surface area contributed by atoms with Crippen LogP contribution in [-0.2, 0) is 0 Å². The summed E-state index contributed by atoms with van der Waals surface area (Å²) in [6.07, 6.45) is 0. The van der Waals surface area contributed by atoms with E-state index in [1.54, 1.807) is 6.07 Å². The van der Waals surface area contributed by atoms with E-state index in [1.807, 2.05) is 25.2 Å². The van der Waals surface area contributed by atoms with Crippen molar-refractivity contribution in [1.82, 2.24) is 5.32 Å². The molecule has 0 aliphatic rings. The van der Waals surface area contributed by atoms with Crippen molar-refractivity contribution >= 4 is 0 Å². The van der Waals surface area contributed by atoms with Crippen molar-refractivity contribution in [2.45, 2.75) is 25.8 Å². The van der Waals surface area contributed by atoms with Gasteiger partial charge >= 0.3 is 0 Å². The largest absolute Gasteiger partial charge is 0.508 e. The molecule has 0 unspecified atom stereocenters. The average molecular weight is 178 g/mol. The van der Waals surface area contributed by atoms with E-state index in [4.69, 9.17) is 0 Å². The molecule has 2 N–H and O–H groups in total. The van der Waals surface area contributed by atoms with Gasteiger partial charge in [-0.2, -0.15) is 0 Å². The minimum Gasteiger partial charge on any atom is -0.508 e. The molecule has 0 saturated heterocycles. The molecule has 0 amide bonds. The normalized spacial score (nSPS) is 15.3. The molecule has 0 radical (unpaired) electrons. The summed E-state index contributed by atoms with van der Waals surface area (Å²) in [6.45, 7) is 4.28. The quantitative estimate of drug-likeness (QED) is 0.743. The lowest BCUT2D eigenvalue weighted by molar-refractivity contribution is 0.470. The van der Waals surface area contributed by atoms with Crippen LogP contribution in [0.4, 0.5) is 0 Å². The van der Waals surface area contributed by atoms with Crippen molar-refractivity contribution in [2.24, 2.45) is 0 Å². The van der Waals surface area contributed by atoms with Gasteiger partial charge < -0.3 is 10.4 Å². The summed E-state index contributed by atoms with van der Waals surface area (Å²) in [7, 11) is 1.95. The van der Waals surface area contributed by atoms with Crippen LogP contribution in [0, 0.1) is 0 Å². The molecular weight excluding hydrogens is 161 g/mol. The van der Waals surface area contributed by atoms with Crippen LogP contribution in [-0.4, -0.2) is 18.2 Å². The Hall–Kier alpha value is -1.02. The summed E-state index contributed by atoms with van der Waals surface area (Å²) in [5.74, 6) is 0.754. The molecule has 0 heterocycles. The van der Waals surface area contributed by atoms with Crippen LogP contribution in [0.5, 0.6) is 5.75 Å². The molecule has 0 aliphatic carbocycles. The number of phenols is 1. The van der Waals surface area contributed by atoms with Gasteiger partial charge in [-0.3, -0.25) is 0 Å². The fraction of sp³-hybridized carbons (Fsp3) is 0.455. The van der Waals surface area contributed by atoms with Gasteiger partial charge in [-0.25, -0.2) is 0 Å². The molecule has 0 saturated carbocycles. The third-order valence-corrected chi connectivity index (χ3v) is 2.60. The van der Waals surface area contributed by atoms with Crippen LogP contribution in [0.25, 0.3) is 0 Å². The van der Waals surface area contributed by atoms with Gasteiger partial charge in [-0.15, -0.1) is 0 Å². The minimum absolute atomic E-state index is 0.340. The van der Waals surface area contributed by atoms with Crippen molar-refractivity contribution in [3.63, 3.8) is 0 Å². The van der Waals surface area contributed by atoms with E-state index in [9.17, 15) is 5.11 Å². The highest BCUT2D eigenvalue weighted by Crippen LogP contribution is 2.22. The molecule has 1 rings (SSSR count). The van der Waals surface area contributed by atoms with Crippen LogP contribution < -0.4 is 5.32 Å². The summed E-state index contributed by atoms with van der Waals surface area (Å²) in [5, 5.41) is 12.5. The molecule has 1 aromatic rings. The molecule has 1 aromatic carbocycles. The van der Waals surface area contributed by atoms with Crippen LogP contribution >= 0.6 is 0 Å². The predicted molar refractivity (Wildman–Crippen MR) is 55.0 cm³/mol. The first-order valence-corrected chi connectivity index (χ1v) is 4.61. The first kappa shape index (κ1) is 10.1. The van der Waals surface area contributed by atoms with Crippen molar-refractivity contribution in [3.8, 4) is 5.75 Å². The summed E-state index contributed by atoms with van der Waals surface area (Å²) < 4.78 is 0. The Morgan fingerprint density at radius 3 is 2.54 bits per heavy atom. The van der Waals surface area contributed by atoms with Crippen LogP contribution in [0.2, 0.25) is 0 Å². The fourth-order valence-electron chi connectivity index (χ4n) is 1.35. The van der Waals surface area contributed by atoms with Gasteiger partial charge in [0.1, 0.15) is 5.75 Å². The molecule has 72 valence electrons. The number of rotatable bonds is 3. The Morgan fingerprint density at radius 2 is 2.00 bits per heavy atom. The first-order chi connectivity index (χ1) is 6.15. The molecule has 0 bridgehead atoms. The highest BCUT2D eigenvalue weighted by molar-refractivity contribution is 5.30. The second-order valence-corrected chi connectivity index (χ2v) is 3.46. The zero-order chi connectivity index (χ0) is 9.84. The number of aromatic hydroxyl groups is 1. The Labute approximate surface area is 79.6 Å². The third-order valence-electron chi connectivity index (χ3n) is 2.60. The van der Waals surface area contributed by atoms with Crippen molar-refractivity contribution in [3.05, 3.63) is 29.8 Å². The highest BCUT2D eigenvalue weighted by atomic mass is 16.3. The van der Waals surface area contributed by atoms with E-state index < -0.39 is 0 Å². The molecule has 2 heteroatoms. The second kappa shape index (κ2) is 4.28. The molecule has 0 aromatic heterocycles. The van der Waals surface area contributed by atoms with E-state index in [0.717, 1.165) is 0 Å². The zero-order valence-corrected chi connectivity index (χ0v) is 8.41. The SMILES string of the molecule is C[C@H](N[11CH3])[C@H](C)c1cccc(O)c1. The van der Waals surface area contributed by atoms with E-state index >= 15 is 0 Å². The maximum absolute atomic E-state index is 9.30. The fourth-order valence-corrected chi connectivity index (χ4v) is 1.35. The molecule has 0 fully saturated rings. The van der Waals surface area contributed by atoms with Crippen molar-refractivity contribution in [2.75, 3.05) is 7.05 Å². The highest BCUT2D eigenvalue weighted by Gasteiger charge is 2.12. The number of hydrogen-bond acceptors (Lipinski definition) is 2. The van der Waals surface area contributed by atoms with Crippen LogP contribution in [0.15, 0.2) is 24.3 Å². The van der Waals surface area contributed by atoms with Crippen molar-refractivity contribution in [1.29, 1.82) is 0 Å². The molecule has 13 heavy (non-hydrogen) atoms. The maximum Gasteiger partial charge on any atom is 0.115 e. The molecule has 0 spiro atoms. The predicted octanol–water partition coefficient (Wildman–Crippen LogP) is 2.10. The summed E-state index contributed by atoms with van der Waals surface area (Å²) in [6, 6.07) is 7.85. The standard InChI is InChI=1S/C11H17NO/c1-8(9(2)12-3)10-5-4-6-11(13)7-10/h4-9,12-13H,1-3H3/t8-,9-/m0/s1/i3-1. The van der Waals surface area contributed by atoms with Gasteiger partial charge in [0.15, 0.2) is 0 Å². The smallest absolute Gasteiger partial charge is 0.115 e. The Kier molecular flexibility index (Phi) is 3.32. The minimum atomic E-state index is 0.340.